The summed E-state index contributed by atoms with van der Waals surface area (Å²) in [6.45, 7) is 7.64. The maximum Gasteiger partial charge on any atom is 0.0946 e. The Kier molecular flexibility index (Phi) is 3.84. The molecule has 1 aliphatic heterocycles. The van der Waals surface area contributed by atoms with Gasteiger partial charge in [0, 0.05) is 26.3 Å². The van der Waals surface area contributed by atoms with E-state index in [1.807, 2.05) is 19.6 Å². The summed E-state index contributed by atoms with van der Waals surface area (Å²) in [6, 6.07) is 0.325. The van der Waals surface area contributed by atoms with Crippen LogP contribution < -0.4 is 5.73 Å². The van der Waals surface area contributed by atoms with Crippen molar-refractivity contribution in [3.63, 3.8) is 0 Å². The number of nitrogens with two attached hydrogens (primary N) is 1. The standard InChI is InChI=1S/C13H24N4/c1-10(2)11-4-5-17(8-11)12(6-14)13-7-15-9-16(13)3/h7,9-12H,4-6,8,14H2,1-3H3. The maximum atomic E-state index is 5.95. The molecular weight excluding hydrogens is 212 g/mol. The average molecular weight is 236 g/mol. The van der Waals surface area contributed by atoms with Crippen LogP contribution in [0.15, 0.2) is 12.5 Å². The Labute approximate surface area is 104 Å². The Morgan fingerprint density at radius 3 is 2.76 bits per heavy atom. The van der Waals surface area contributed by atoms with Crippen LogP contribution in [0.2, 0.25) is 0 Å². The maximum absolute atomic E-state index is 5.95. The zero-order valence-corrected chi connectivity index (χ0v) is 11.1. The lowest BCUT2D eigenvalue weighted by Crippen LogP contribution is -2.33. The van der Waals surface area contributed by atoms with Gasteiger partial charge < -0.3 is 10.3 Å². The summed E-state index contributed by atoms with van der Waals surface area (Å²) in [6.07, 6.45) is 5.10. The first kappa shape index (κ1) is 12.6. The number of likely N-dealkylation sites (tertiary alicyclic amines) is 1. The number of hydrogen-bond acceptors (Lipinski definition) is 3. The molecule has 1 fully saturated rings. The minimum absolute atomic E-state index is 0.325. The number of rotatable bonds is 4. The minimum atomic E-state index is 0.325. The van der Waals surface area contributed by atoms with E-state index in [9.17, 15) is 0 Å². The van der Waals surface area contributed by atoms with Crippen LogP contribution in [0.5, 0.6) is 0 Å². The number of imidazole rings is 1. The Balaban J connectivity index is 2.08. The van der Waals surface area contributed by atoms with Crippen molar-refractivity contribution in [3.05, 3.63) is 18.2 Å². The molecule has 96 valence electrons. The zero-order chi connectivity index (χ0) is 12.4. The summed E-state index contributed by atoms with van der Waals surface area (Å²) in [5.74, 6) is 1.59. The summed E-state index contributed by atoms with van der Waals surface area (Å²) < 4.78 is 2.08. The van der Waals surface area contributed by atoms with E-state index >= 15 is 0 Å². The molecule has 2 N–H and O–H groups in total. The van der Waals surface area contributed by atoms with Gasteiger partial charge in [-0.25, -0.2) is 4.98 Å². The van der Waals surface area contributed by atoms with Crippen molar-refractivity contribution in [1.82, 2.24) is 14.5 Å². The third-order valence-corrected chi connectivity index (χ3v) is 4.06. The highest BCUT2D eigenvalue weighted by Crippen LogP contribution is 2.30. The summed E-state index contributed by atoms with van der Waals surface area (Å²) in [5, 5.41) is 0. The number of aryl methyl sites for hydroxylation is 1. The molecule has 2 atom stereocenters. The van der Waals surface area contributed by atoms with E-state index in [0.717, 1.165) is 18.4 Å². The number of hydrogen-bond donors (Lipinski definition) is 1. The van der Waals surface area contributed by atoms with E-state index in [-0.39, 0.29) is 0 Å². The first-order valence-electron chi connectivity index (χ1n) is 6.53. The lowest BCUT2D eigenvalue weighted by Gasteiger charge is -2.27. The molecule has 17 heavy (non-hydrogen) atoms. The van der Waals surface area contributed by atoms with Crippen molar-refractivity contribution < 1.29 is 0 Å². The third kappa shape index (κ3) is 2.53. The van der Waals surface area contributed by atoms with Gasteiger partial charge in [0.05, 0.1) is 18.1 Å². The fraction of sp³-hybridized carbons (Fsp3) is 0.769. The quantitative estimate of drug-likeness (QED) is 0.859. The lowest BCUT2D eigenvalue weighted by atomic mass is 9.95. The Morgan fingerprint density at radius 2 is 2.29 bits per heavy atom. The van der Waals surface area contributed by atoms with Crippen LogP contribution >= 0.6 is 0 Å². The second-order valence-corrected chi connectivity index (χ2v) is 5.47. The predicted molar refractivity (Wildman–Crippen MR) is 69.5 cm³/mol. The molecule has 0 aromatic carbocycles. The molecule has 0 spiro atoms. The number of nitrogens with zero attached hydrogens (tertiary/aromatic N) is 3. The monoisotopic (exact) mass is 236 g/mol. The summed E-state index contributed by atoms with van der Waals surface area (Å²) in [4.78, 5) is 6.71. The summed E-state index contributed by atoms with van der Waals surface area (Å²) in [7, 11) is 2.04. The van der Waals surface area contributed by atoms with Crippen molar-refractivity contribution >= 4 is 0 Å². The van der Waals surface area contributed by atoms with E-state index in [1.54, 1.807) is 0 Å². The van der Waals surface area contributed by atoms with Crippen LogP contribution in [0.25, 0.3) is 0 Å². The van der Waals surface area contributed by atoms with E-state index in [4.69, 9.17) is 5.73 Å². The first-order chi connectivity index (χ1) is 8.13. The van der Waals surface area contributed by atoms with E-state index < -0.39 is 0 Å². The lowest BCUT2D eigenvalue weighted by molar-refractivity contribution is 0.225. The van der Waals surface area contributed by atoms with Crippen LogP contribution in [0.4, 0.5) is 0 Å². The summed E-state index contributed by atoms with van der Waals surface area (Å²) >= 11 is 0. The van der Waals surface area contributed by atoms with Gasteiger partial charge in [-0.15, -0.1) is 0 Å². The van der Waals surface area contributed by atoms with Crippen LogP contribution in [-0.4, -0.2) is 34.1 Å². The first-order valence-corrected chi connectivity index (χ1v) is 6.53. The van der Waals surface area contributed by atoms with Gasteiger partial charge in [-0.1, -0.05) is 13.8 Å². The van der Waals surface area contributed by atoms with E-state index in [2.05, 4.69) is 28.3 Å². The predicted octanol–water partition coefficient (Wildman–Crippen LogP) is 1.40. The number of aromatic nitrogens is 2. The molecule has 1 aliphatic rings. The largest absolute Gasteiger partial charge is 0.336 e. The molecule has 1 saturated heterocycles. The molecule has 1 aromatic heterocycles. The zero-order valence-electron chi connectivity index (χ0n) is 11.1. The smallest absolute Gasteiger partial charge is 0.0946 e. The molecule has 0 radical (unpaired) electrons. The van der Waals surface area contributed by atoms with Crippen molar-refractivity contribution in [2.75, 3.05) is 19.6 Å². The van der Waals surface area contributed by atoms with E-state index in [0.29, 0.717) is 12.6 Å². The molecule has 2 rings (SSSR count). The fourth-order valence-corrected chi connectivity index (χ4v) is 2.79. The van der Waals surface area contributed by atoms with Crippen LogP contribution in [0.1, 0.15) is 32.0 Å². The van der Waals surface area contributed by atoms with Gasteiger partial charge >= 0.3 is 0 Å². The Bertz CT molecular complexity index is 358. The molecule has 4 nitrogen and oxygen atoms in total. The van der Waals surface area contributed by atoms with E-state index in [1.165, 1.54) is 18.7 Å². The second kappa shape index (κ2) is 5.19. The summed E-state index contributed by atoms with van der Waals surface area (Å²) in [5.41, 5.74) is 7.18. The Morgan fingerprint density at radius 1 is 1.53 bits per heavy atom. The van der Waals surface area contributed by atoms with Gasteiger partial charge in [-0.05, 0) is 24.8 Å². The molecule has 0 aliphatic carbocycles. The molecule has 2 heterocycles. The fourth-order valence-electron chi connectivity index (χ4n) is 2.79. The van der Waals surface area contributed by atoms with Crippen LogP contribution in [-0.2, 0) is 7.05 Å². The Hall–Kier alpha value is -0.870. The highest BCUT2D eigenvalue weighted by molar-refractivity contribution is 5.07. The normalized spacial score (nSPS) is 23.5. The molecule has 1 aromatic rings. The molecule has 0 amide bonds. The highest BCUT2D eigenvalue weighted by Gasteiger charge is 2.30. The van der Waals surface area contributed by atoms with Crippen molar-refractivity contribution in [2.24, 2.45) is 24.6 Å². The van der Waals surface area contributed by atoms with Crippen LogP contribution in [0, 0.1) is 11.8 Å². The van der Waals surface area contributed by atoms with Gasteiger partial charge in [-0.3, -0.25) is 4.90 Å². The van der Waals surface area contributed by atoms with Crippen LogP contribution in [0.3, 0.4) is 0 Å². The molecule has 4 heteroatoms. The van der Waals surface area contributed by atoms with Crippen molar-refractivity contribution in [2.45, 2.75) is 26.3 Å². The van der Waals surface area contributed by atoms with Gasteiger partial charge in [0.15, 0.2) is 0 Å². The van der Waals surface area contributed by atoms with Gasteiger partial charge in [0.1, 0.15) is 0 Å². The van der Waals surface area contributed by atoms with Gasteiger partial charge in [0.2, 0.25) is 0 Å². The third-order valence-electron chi connectivity index (χ3n) is 4.06. The average Bonchev–Trinajstić information content (AvgIpc) is 2.90. The second-order valence-electron chi connectivity index (χ2n) is 5.47. The molecule has 0 bridgehead atoms. The minimum Gasteiger partial charge on any atom is -0.336 e. The molecule has 2 unspecified atom stereocenters. The molecule has 0 saturated carbocycles. The highest BCUT2D eigenvalue weighted by atomic mass is 15.2. The van der Waals surface area contributed by atoms with Gasteiger partial charge in [0.25, 0.3) is 0 Å². The molecular formula is C13H24N4. The van der Waals surface area contributed by atoms with Gasteiger partial charge in [-0.2, -0.15) is 0 Å². The van der Waals surface area contributed by atoms with Crippen molar-refractivity contribution in [3.8, 4) is 0 Å². The SMILES string of the molecule is CC(C)C1CCN(C(CN)c2cncn2C)C1. The topological polar surface area (TPSA) is 47.1 Å². The van der Waals surface area contributed by atoms with Crippen molar-refractivity contribution in [1.29, 1.82) is 0 Å².